The Morgan fingerprint density at radius 1 is 0.561 bits per heavy atom. The van der Waals surface area contributed by atoms with Crippen molar-refractivity contribution in [3.8, 4) is 147 Å². The summed E-state index contributed by atoms with van der Waals surface area (Å²) in [6.45, 7) is 0. The van der Waals surface area contributed by atoms with E-state index in [1.807, 2.05) is 60.2 Å². The van der Waals surface area contributed by atoms with Crippen molar-refractivity contribution >= 4 is 34.6 Å². The lowest BCUT2D eigenvalue weighted by atomic mass is 10.0. The van der Waals surface area contributed by atoms with Crippen LogP contribution in [0, 0.1) is 0 Å². The van der Waals surface area contributed by atoms with E-state index < -0.39 is 0 Å². The van der Waals surface area contributed by atoms with Crippen LogP contribution in [0.1, 0.15) is 0 Å². The molecule has 26 nitrogen and oxygen atoms in total. The van der Waals surface area contributed by atoms with E-state index in [1.54, 1.807) is 91.4 Å². The van der Waals surface area contributed by atoms with E-state index in [0.717, 1.165) is 38.3 Å². The Labute approximate surface area is 469 Å². The molecule has 4 N–H and O–H groups in total. The van der Waals surface area contributed by atoms with Gasteiger partial charge in [0.15, 0.2) is 10.9 Å². The van der Waals surface area contributed by atoms with E-state index in [9.17, 15) is 0 Å². The molecule has 0 aliphatic heterocycles. The Morgan fingerprint density at radius 3 is 2.44 bits per heavy atom. The van der Waals surface area contributed by atoms with Gasteiger partial charge in [-0.2, -0.15) is 15.2 Å². The van der Waals surface area contributed by atoms with Gasteiger partial charge in [0.1, 0.15) is 80.2 Å². The number of thiazole rings is 1. The molecular formula is C53H29N21O5S3. The number of furan rings is 1. The van der Waals surface area contributed by atoms with Crippen molar-refractivity contribution in [2.24, 2.45) is 0 Å². The normalized spacial score (nSPS) is 11.5. The number of nitrogens with zero attached hydrogens (tertiary/aromatic N) is 17. The minimum Gasteiger partial charge on any atom is -0.457 e. The molecule has 394 valence electrons. The molecule has 14 heterocycles. The molecule has 0 radical (unpaired) electrons. The Morgan fingerprint density at radius 2 is 1.50 bits per heavy atom. The van der Waals surface area contributed by atoms with Gasteiger partial charge in [-0.25, -0.2) is 19.9 Å². The second-order valence-electron chi connectivity index (χ2n) is 17.3. The monoisotopic (exact) mass is 1140 g/mol. The highest BCUT2D eigenvalue weighted by Gasteiger charge is 2.30. The first-order valence-corrected chi connectivity index (χ1v) is 26.8. The quantitative estimate of drug-likeness (QED) is 0.0698. The van der Waals surface area contributed by atoms with Crippen molar-refractivity contribution in [3.05, 3.63) is 153 Å². The fourth-order valence-corrected chi connectivity index (χ4v) is 11.6. The third-order valence-electron chi connectivity index (χ3n) is 12.6. The number of hydrogen-bond donors (Lipinski definition) is 4. The zero-order chi connectivity index (χ0) is 54.3. The highest BCUT2D eigenvalue weighted by Crippen LogP contribution is 2.46. The van der Waals surface area contributed by atoms with Crippen molar-refractivity contribution in [2.75, 3.05) is 0 Å². The molecule has 0 spiro atoms. The van der Waals surface area contributed by atoms with Gasteiger partial charge in [0, 0.05) is 83.7 Å². The standard InChI is InChI=1S/C53H29N21O5S3/c1-2-5-26(6-3-1)37-53(80-25-60-37)81-52-30(12-20-75-52)38-29(8-14-55-38)51-65-34(24-76-51)39-32(23-77-72-39)43-47(79-73-70-43)42-31(21-63-68-42)50-59-22-33(64-50)45-48(82-74-71-45)44-27(9-16-62-69-44)40-46(57-19-18-56-40)41-28(7-4-13-54-41)49-58-15-10-35(66-49)78-36-11-17-61-67-36/h1-25,55H,(H,59,64)(H,61,67)(H,63,68). The average molecular weight is 1140 g/mol. The van der Waals surface area contributed by atoms with E-state index in [2.05, 4.69) is 80.6 Å². The molecule has 0 atom stereocenters. The molecule has 14 aromatic heterocycles. The first-order chi connectivity index (χ1) is 40.7. The number of nitrogens with one attached hydrogen (secondary N) is 4. The molecular weight excluding hydrogens is 1110 g/mol. The lowest BCUT2D eigenvalue weighted by molar-refractivity contribution is 0.402. The van der Waals surface area contributed by atoms with Gasteiger partial charge >= 0.3 is 0 Å². The molecule has 0 bridgehead atoms. The molecule has 0 saturated carbocycles. The van der Waals surface area contributed by atoms with Crippen molar-refractivity contribution < 1.29 is 22.6 Å². The number of rotatable bonds is 16. The van der Waals surface area contributed by atoms with Crippen LogP contribution in [-0.4, -0.2) is 106 Å². The number of aromatic amines is 4. The lowest BCUT2D eigenvalue weighted by Crippen LogP contribution is -2.01. The van der Waals surface area contributed by atoms with E-state index in [-0.39, 0.29) is 17.3 Å². The van der Waals surface area contributed by atoms with Crippen LogP contribution in [-0.2, 0) is 0 Å². The Balaban J connectivity index is 0.704. The fourth-order valence-electron chi connectivity index (χ4n) is 8.98. The summed E-state index contributed by atoms with van der Waals surface area (Å²) in [5, 5.41) is 40.9. The minimum absolute atomic E-state index is 0.189. The summed E-state index contributed by atoms with van der Waals surface area (Å²) >= 11 is 4.15. The first-order valence-electron chi connectivity index (χ1n) is 24.3. The zero-order valence-electron chi connectivity index (χ0n) is 41.3. The van der Waals surface area contributed by atoms with Crippen molar-refractivity contribution in [1.82, 2.24) is 106 Å². The average Bonchev–Trinajstić information content (AvgIpc) is 4.49. The fraction of sp³-hybridized carbons (Fsp3) is 0. The van der Waals surface area contributed by atoms with E-state index in [0.29, 0.717) is 112 Å². The van der Waals surface area contributed by atoms with Gasteiger partial charge in [-0.3, -0.25) is 25.1 Å². The highest BCUT2D eigenvalue weighted by atomic mass is 32.2. The van der Waals surface area contributed by atoms with Crippen molar-refractivity contribution in [2.45, 2.75) is 9.30 Å². The van der Waals surface area contributed by atoms with Gasteiger partial charge in [0.05, 0.1) is 55.8 Å². The maximum absolute atomic E-state index is 6.12. The second kappa shape index (κ2) is 20.5. The molecule has 0 unspecified atom stereocenters. The van der Waals surface area contributed by atoms with Gasteiger partial charge in [0.2, 0.25) is 23.4 Å². The Hall–Kier alpha value is -11.3. The number of pyridine rings is 1. The van der Waals surface area contributed by atoms with Crippen molar-refractivity contribution in [3.63, 3.8) is 0 Å². The minimum atomic E-state index is 0.189. The molecule has 0 fully saturated rings. The maximum atomic E-state index is 6.12. The van der Waals surface area contributed by atoms with Gasteiger partial charge in [0.25, 0.3) is 0 Å². The summed E-state index contributed by atoms with van der Waals surface area (Å²) in [5.74, 6) is 1.88. The molecule has 0 amide bonds. The Bertz CT molecular complexity index is 4720. The number of H-pyrrole nitrogens is 4. The third-order valence-corrected chi connectivity index (χ3v) is 15.4. The highest BCUT2D eigenvalue weighted by molar-refractivity contribution is 8.01. The van der Waals surface area contributed by atoms with Crippen LogP contribution < -0.4 is 4.74 Å². The summed E-state index contributed by atoms with van der Waals surface area (Å²) in [7, 11) is 0. The van der Waals surface area contributed by atoms with Crippen LogP contribution in [0.4, 0.5) is 0 Å². The van der Waals surface area contributed by atoms with E-state index in [1.165, 1.54) is 24.3 Å². The summed E-state index contributed by atoms with van der Waals surface area (Å²) in [6, 6.07) is 22.5. The molecule has 1 aromatic carbocycles. The number of benzene rings is 1. The summed E-state index contributed by atoms with van der Waals surface area (Å²) in [4.78, 5) is 45.2. The van der Waals surface area contributed by atoms with Crippen LogP contribution in [0.3, 0.4) is 0 Å². The van der Waals surface area contributed by atoms with Crippen LogP contribution in [0.2, 0.25) is 0 Å². The molecule has 15 rings (SSSR count). The molecule has 0 aliphatic rings. The summed E-state index contributed by atoms with van der Waals surface area (Å²) in [5.41, 5.74) is 11.9. The van der Waals surface area contributed by atoms with Crippen LogP contribution in [0.15, 0.2) is 180 Å². The predicted octanol–water partition coefficient (Wildman–Crippen LogP) is 11.2. The van der Waals surface area contributed by atoms with E-state index >= 15 is 0 Å². The largest absolute Gasteiger partial charge is 0.457 e. The molecule has 82 heavy (non-hydrogen) atoms. The van der Waals surface area contributed by atoms with Gasteiger partial charge in [-0.15, -0.1) is 31.7 Å². The number of aromatic nitrogens is 21. The number of oxazole rings is 1. The third kappa shape index (κ3) is 8.66. The van der Waals surface area contributed by atoms with Gasteiger partial charge in [-0.1, -0.05) is 40.0 Å². The predicted molar refractivity (Wildman–Crippen MR) is 293 cm³/mol. The van der Waals surface area contributed by atoms with Crippen molar-refractivity contribution in [1.29, 1.82) is 0 Å². The van der Waals surface area contributed by atoms with Gasteiger partial charge in [-0.05, 0) is 53.6 Å². The van der Waals surface area contributed by atoms with Gasteiger partial charge < -0.3 is 32.6 Å². The smallest absolute Gasteiger partial charge is 0.239 e. The molecule has 0 saturated heterocycles. The molecule has 29 heteroatoms. The maximum Gasteiger partial charge on any atom is 0.239 e. The van der Waals surface area contributed by atoms with Crippen LogP contribution in [0.5, 0.6) is 11.8 Å². The second-order valence-corrected chi connectivity index (χ2v) is 20.2. The Kier molecular flexibility index (Phi) is 12.0. The number of imidazole rings is 1. The zero-order valence-corrected chi connectivity index (χ0v) is 43.8. The topological polar surface area (TPSA) is 344 Å². The number of hydrogen-bond acceptors (Lipinski definition) is 25. The molecule has 0 aliphatic carbocycles. The van der Waals surface area contributed by atoms with E-state index in [4.69, 9.17) is 47.5 Å². The summed E-state index contributed by atoms with van der Waals surface area (Å²) < 4.78 is 34.7. The molecule has 15 aromatic rings. The first kappa shape index (κ1) is 47.9. The SMILES string of the molecule is c1ccc(-c2ncsc2Sc2occc2-c2[nH]ccc2-c2nc(-c3nocc3-c3nnoc3-c3n[nH]cc3-c3nc(-c4nnsc4-c4nnccc4-c4nccnc4-c4ncccc4-c4nccc(Oc5cc[nH]n5)n4)c[nH]3)co2)cc1. The van der Waals surface area contributed by atoms with Crippen LogP contribution >= 0.6 is 34.6 Å². The van der Waals surface area contributed by atoms with Crippen LogP contribution in [0.25, 0.3) is 135 Å². The summed E-state index contributed by atoms with van der Waals surface area (Å²) in [6.07, 6.45) is 19.4. The lowest BCUT2D eigenvalue weighted by Gasteiger charge is -2.12. The number of ether oxygens (including phenoxy) is 1.